The lowest BCUT2D eigenvalue weighted by atomic mass is 10.1. The Kier molecular flexibility index (Phi) is 10.6. The zero-order chi connectivity index (χ0) is 21.8. The van der Waals surface area contributed by atoms with E-state index in [9.17, 15) is 9.59 Å². The number of nitrogens with zero attached hydrogens (tertiary/aromatic N) is 1. The van der Waals surface area contributed by atoms with Crippen molar-refractivity contribution in [3.05, 3.63) is 47.3 Å². The molecule has 1 heterocycles. The van der Waals surface area contributed by atoms with Gasteiger partial charge < -0.3 is 19.1 Å². The number of methoxy groups -OCH3 is 2. The van der Waals surface area contributed by atoms with Crippen molar-refractivity contribution in [3.63, 3.8) is 0 Å². The molecule has 160 valence electrons. The first-order chi connectivity index (χ1) is 13.8. The Morgan fingerprint density at radius 2 is 1.66 bits per heavy atom. The molecule has 0 saturated carbocycles. The third-order valence-corrected chi connectivity index (χ3v) is 4.63. The predicted octanol–water partition coefficient (Wildman–Crippen LogP) is 5.01. The van der Waals surface area contributed by atoms with Gasteiger partial charge in [-0.2, -0.15) is 0 Å². The van der Waals surface area contributed by atoms with Crippen LogP contribution in [0.25, 0.3) is 0 Å². The number of rotatable bonds is 10. The van der Waals surface area contributed by atoms with Crippen molar-refractivity contribution in [2.75, 3.05) is 14.2 Å². The van der Waals surface area contributed by atoms with E-state index in [1.165, 1.54) is 19.3 Å². The second-order valence-electron chi connectivity index (χ2n) is 6.92. The van der Waals surface area contributed by atoms with E-state index < -0.39 is 5.97 Å². The standard InChI is InChI=1S/C15H17NO3.C8H16O2/c1-10-7-8-16(2)14(10)15(17)11-5-6-12(18-3)13(9-11)19-4;1-2-3-4-5-6-7-8(9)10/h5-9H,1-4H3;2-7H2,1H3,(H,9,10). The lowest BCUT2D eigenvalue weighted by Crippen LogP contribution is -2.09. The van der Waals surface area contributed by atoms with Gasteiger partial charge in [-0.15, -0.1) is 0 Å². The van der Waals surface area contributed by atoms with E-state index in [1.807, 2.05) is 30.8 Å². The largest absolute Gasteiger partial charge is 0.493 e. The monoisotopic (exact) mass is 403 g/mol. The molecule has 29 heavy (non-hydrogen) atoms. The molecule has 0 aliphatic carbocycles. The fraction of sp³-hybridized carbons (Fsp3) is 0.478. The number of unbranched alkanes of at least 4 members (excludes halogenated alkanes) is 4. The first-order valence-corrected chi connectivity index (χ1v) is 9.96. The summed E-state index contributed by atoms with van der Waals surface area (Å²) in [4.78, 5) is 22.5. The molecule has 0 spiro atoms. The lowest BCUT2D eigenvalue weighted by molar-refractivity contribution is -0.137. The van der Waals surface area contributed by atoms with Gasteiger partial charge in [0.25, 0.3) is 0 Å². The average molecular weight is 404 g/mol. The van der Waals surface area contributed by atoms with E-state index in [0.717, 1.165) is 18.4 Å². The fourth-order valence-electron chi connectivity index (χ4n) is 2.99. The van der Waals surface area contributed by atoms with E-state index in [0.29, 0.717) is 29.2 Å². The normalized spacial score (nSPS) is 10.1. The number of aromatic nitrogens is 1. The summed E-state index contributed by atoms with van der Waals surface area (Å²) in [5.41, 5.74) is 2.23. The predicted molar refractivity (Wildman–Crippen MR) is 114 cm³/mol. The van der Waals surface area contributed by atoms with Gasteiger partial charge in [0, 0.05) is 25.2 Å². The SMILES string of the molecule is CCCCCCCC(=O)O.COc1ccc(C(=O)c2c(C)ccn2C)cc1OC. The van der Waals surface area contributed by atoms with Crippen LogP contribution in [0.1, 0.15) is 67.1 Å². The van der Waals surface area contributed by atoms with Crippen LogP contribution in [0.4, 0.5) is 0 Å². The van der Waals surface area contributed by atoms with Crippen molar-refractivity contribution in [1.29, 1.82) is 0 Å². The van der Waals surface area contributed by atoms with Gasteiger partial charge in [0.1, 0.15) is 0 Å². The number of hydrogen-bond donors (Lipinski definition) is 1. The second kappa shape index (κ2) is 12.6. The summed E-state index contributed by atoms with van der Waals surface area (Å²) in [5, 5.41) is 8.27. The van der Waals surface area contributed by atoms with Gasteiger partial charge in [0.05, 0.1) is 19.9 Å². The maximum atomic E-state index is 12.5. The quantitative estimate of drug-likeness (QED) is 0.445. The van der Waals surface area contributed by atoms with Crippen LogP contribution < -0.4 is 9.47 Å². The van der Waals surface area contributed by atoms with Crippen LogP contribution in [0.3, 0.4) is 0 Å². The first kappa shape index (κ1) is 24.3. The molecule has 6 nitrogen and oxygen atoms in total. The number of ketones is 1. The van der Waals surface area contributed by atoms with Crippen molar-refractivity contribution in [1.82, 2.24) is 4.57 Å². The molecule has 0 unspecified atom stereocenters. The van der Waals surface area contributed by atoms with Crippen LogP contribution in [-0.4, -0.2) is 35.6 Å². The molecular formula is C23H33NO5. The molecule has 0 radical (unpaired) electrons. The molecule has 0 fully saturated rings. The number of aryl methyl sites for hydroxylation is 2. The van der Waals surface area contributed by atoms with E-state index in [1.54, 1.807) is 32.4 Å². The summed E-state index contributed by atoms with van der Waals surface area (Å²) < 4.78 is 12.2. The summed E-state index contributed by atoms with van der Waals surface area (Å²) in [7, 11) is 4.99. The smallest absolute Gasteiger partial charge is 0.303 e. The number of carboxylic acid groups (broad SMARTS) is 1. The van der Waals surface area contributed by atoms with Crippen LogP contribution in [0.2, 0.25) is 0 Å². The Hall–Kier alpha value is -2.76. The highest BCUT2D eigenvalue weighted by Crippen LogP contribution is 2.28. The van der Waals surface area contributed by atoms with Crippen LogP contribution in [0, 0.1) is 6.92 Å². The van der Waals surface area contributed by atoms with E-state index in [4.69, 9.17) is 14.6 Å². The number of benzene rings is 1. The summed E-state index contributed by atoms with van der Waals surface area (Å²) in [5.74, 6) is 0.477. The fourth-order valence-corrected chi connectivity index (χ4v) is 2.99. The number of hydrogen-bond acceptors (Lipinski definition) is 4. The zero-order valence-electron chi connectivity index (χ0n) is 18.2. The minimum absolute atomic E-state index is 0.0223. The third-order valence-electron chi connectivity index (χ3n) is 4.63. The topological polar surface area (TPSA) is 77.8 Å². The number of carbonyl (C=O) groups excluding carboxylic acids is 1. The van der Waals surface area contributed by atoms with Gasteiger partial charge in [-0.1, -0.05) is 32.6 Å². The molecule has 0 atom stereocenters. The van der Waals surface area contributed by atoms with Crippen LogP contribution in [0.15, 0.2) is 30.5 Å². The third kappa shape index (κ3) is 7.64. The lowest BCUT2D eigenvalue weighted by Gasteiger charge is -2.10. The molecule has 0 aliphatic heterocycles. The van der Waals surface area contributed by atoms with Gasteiger partial charge in [-0.25, -0.2) is 0 Å². The maximum absolute atomic E-state index is 12.5. The molecule has 2 rings (SSSR count). The van der Waals surface area contributed by atoms with Crippen molar-refractivity contribution < 1.29 is 24.2 Å². The molecule has 0 bridgehead atoms. The molecule has 1 aromatic carbocycles. The molecule has 0 amide bonds. The van der Waals surface area contributed by atoms with Crippen molar-refractivity contribution in [2.45, 2.75) is 52.4 Å². The molecule has 0 aliphatic rings. The van der Waals surface area contributed by atoms with Gasteiger partial charge in [0.2, 0.25) is 5.78 Å². The highest BCUT2D eigenvalue weighted by atomic mass is 16.5. The summed E-state index contributed by atoms with van der Waals surface area (Å²) in [6.07, 6.45) is 7.76. The van der Waals surface area contributed by atoms with Crippen molar-refractivity contribution in [3.8, 4) is 11.5 Å². The molecule has 1 aromatic heterocycles. The second-order valence-corrected chi connectivity index (χ2v) is 6.92. The van der Waals surface area contributed by atoms with Crippen LogP contribution in [0.5, 0.6) is 11.5 Å². The average Bonchev–Trinajstić information content (AvgIpc) is 3.05. The highest BCUT2D eigenvalue weighted by molar-refractivity contribution is 6.09. The Balaban J connectivity index is 0.000000359. The van der Waals surface area contributed by atoms with Crippen LogP contribution in [-0.2, 0) is 11.8 Å². The number of aliphatic carboxylic acids is 1. The molecule has 0 saturated heterocycles. The van der Waals surface area contributed by atoms with Gasteiger partial charge in [-0.3, -0.25) is 9.59 Å². The molecule has 6 heteroatoms. The Morgan fingerprint density at radius 1 is 1.00 bits per heavy atom. The summed E-state index contributed by atoms with van der Waals surface area (Å²) in [6.45, 7) is 4.07. The Bertz CT molecular complexity index is 775. The minimum Gasteiger partial charge on any atom is -0.493 e. The molecule has 2 aromatic rings. The number of carboxylic acids is 1. The van der Waals surface area contributed by atoms with Crippen molar-refractivity contribution >= 4 is 11.8 Å². The molecule has 1 N–H and O–H groups in total. The number of carbonyl (C=O) groups is 2. The number of ether oxygens (including phenoxy) is 2. The van der Waals surface area contributed by atoms with Gasteiger partial charge in [-0.05, 0) is 43.2 Å². The summed E-state index contributed by atoms with van der Waals surface area (Å²) in [6, 6.07) is 7.11. The van der Waals surface area contributed by atoms with Gasteiger partial charge >= 0.3 is 5.97 Å². The Morgan fingerprint density at radius 3 is 2.17 bits per heavy atom. The van der Waals surface area contributed by atoms with Gasteiger partial charge in [0.15, 0.2) is 11.5 Å². The van der Waals surface area contributed by atoms with E-state index in [-0.39, 0.29) is 5.78 Å². The zero-order valence-corrected chi connectivity index (χ0v) is 18.2. The maximum Gasteiger partial charge on any atom is 0.303 e. The van der Waals surface area contributed by atoms with Crippen LogP contribution >= 0.6 is 0 Å². The highest BCUT2D eigenvalue weighted by Gasteiger charge is 2.17. The Labute approximate surface area is 173 Å². The summed E-state index contributed by atoms with van der Waals surface area (Å²) >= 11 is 0. The van der Waals surface area contributed by atoms with E-state index >= 15 is 0 Å². The molecular weight excluding hydrogens is 370 g/mol. The van der Waals surface area contributed by atoms with Crippen molar-refractivity contribution in [2.24, 2.45) is 7.05 Å². The first-order valence-electron chi connectivity index (χ1n) is 9.96. The minimum atomic E-state index is -0.670. The van der Waals surface area contributed by atoms with E-state index in [2.05, 4.69) is 6.92 Å².